The van der Waals surface area contributed by atoms with Gasteiger partial charge < -0.3 is 5.11 Å². The van der Waals surface area contributed by atoms with E-state index in [2.05, 4.69) is 10.1 Å². The Morgan fingerprint density at radius 1 is 1.47 bits per heavy atom. The third kappa shape index (κ3) is 2.21. The van der Waals surface area contributed by atoms with Gasteiger partial charge in [-0.3, -0.25) is 0 Å². The fourth-order valence-corrected chi connectivity index (χ4v) is 2.41. The standard InChI is InChI=1S/C13H14ClN3O2/c1-4-9-7(2)16-17(8(9)3)12-11(14)10(13(18)19)5-6-15-12/h5-6H,4H2,1-3H3,(H,18,19). The molecule has 0 radical (unpaired) electrons. The van der Waals surface area contributed by atoms with Crippen LogP contribution in [0.15, 0.2) is 12.3 Å². The minimum Gasteiger partial charge on any atom is -0.478 e. The number of hydrogen-bond donors (Lipinski definition) is 1. The molecule has 5 nitrogen and oxygen atoms in total. The lowest BCUT2D eigenvalue weighted by atomic mass is 10.1. The molecule has 0 saturated heterocycles. The molecule has 19 heavy (non-hydrogen) atoms. The van der Waals surface area contributed by atoms with Crippen molar-refractivity contribution in [2.75, 3.05) is 0 Å². The van der Waals surface area contributed by atoms with E-state index in [0.29, 0.717) is 5.82 Å². The Balaban J connectivity index is 2.66. The number of aryl methyl sites for hydroxylation is 1. The zero-order valence-electron chi connectivity index (χ0n) is 10.9. The number of pyridine rings is 1. The van der Waals surface area contributed by atoms with Gasteiger partial charge in [0.25, 0.3) is 0 Å². The number of halogens is 1. The van der Waals surface area contributed by atoms with E-state index in [1.165, 1.54) is 12.3 Å². The highest BCUT2D eigenvalue weighted by Gasteiger charge is 2.18. The minimum absolute atomic E-state index is 0.0252. The first-order chi connectivity index (χ1) is 8.97. The van der Waals surface area contributed by atoms with E-state index < -0.39 is 5.97 Å². The molecule has 0 unspecified atom stereocenters. The number of nitrogens with zero attached hydrogens (tertiary/aromatic N) is 3. The molecule has 2 aromatic rings. The first kappa shape index (κ1) is 13.5. The van der Waals surface area contributed by atoms with Crippen molar-refractivity contribution in [2.45, 2.75) is 27.2 Å². The normalized spacial score (nSPS) is 10.7. The summed E-state index contributed by atoms with van der Waals surface area (Å²) in [6.07, 6.45) is 2.28. The summed E-state index contributed by atoms with van der Waals surface area (Å²) in [4.78, 5) is 15.2. The zero-order valence-corrected chi connectivity index (χ0v) is 11.7. The van der Waals surface area contributed by atoms with Crippen LogP contribution in [-0.4, -0.2) is 25.8 Å². The number of carboxylic acids is 1. The molecule has 2 rings (SSSR count). The molecule has 1 N–H and O–H groups in total. The lowest BCUT2D eigenvalue weighted by Gasteiger charge is -2.07. The second-order valence-electron chi connectivity index (χ2n) is 4.22. The van der Waals surface area contributed by atoms with Crippen LogP contribution in [0.2, 0.25) is 5.02 Å². The monoisotopic (exact) mass is 279 g/mol. The van der Waals surface area contributed by atoms with Gasteiger partial charge in [-0.15, -0.1) is 0 Å². The summed E-state index contributed by atoms with van der Waals surface area (Å²) < 4.78 is 1.60. The average molecular weight is 280 g/mol. The molecule has 2 heterocycles. The van der Waals surface area contributed by atoms with Crippen LogP contribution in [0, 0.1) is 13.8 Å². The van der Waals surface area contributed by atoms with Crippen LogP contribution in [0.4, 0.5) is 0 Å². The number of hydrogen-bond acceptors (Lipinski definition) is 3. The smallest absolute Gasteiger partial charge is 0.337 e. The van der Waals surface area contributed by atoms with Crippen molar-refractivity contribution in [3.05, 3.63) is 39.8 Å². The number of aromatic nitrogens is 3. The quantitative estimate of drug-likeness (QED) is 0.938. The van der Waals surface area contributed by atoms with Crippen LogP contribution in [0.1, 0.15) is 34.2 Å². The average Bonchev–Trinajstić information content (AvgIpc) is 2.64. The number of rotatable bonds is 3. The van der Waals surface area contributed by atoms with Crippen LogP contribution in [0.25, 0.3) is 5.82 Å². The molecule has 0 saturated carbocycles. The van der Waals surface area contributed by atoms with Crippen molar-refractivity contribution < 1.29 is 9.90 Å². The molecule has 0 aliphatic rings. The van der Waals surface area contributed by atoms with Crippen molar-refractivity contribution in [3.8, 4) is 5.82 Å². The maximum Gasteiger partial charge on any atom is 0.337 e. The van der Waals surface area contributed by atoms with Crippen LogP contribution in [0.5, 0.6) is 0 Å². The second-order valence-corrected chi connectivity index (χ2v) is 4.59. The Labute approximate surface area is 115 Å². The Morgan fingerprint density at radius 3 is 2.68 bits per heavy atom. The highest BCUT2D eigenvalue weighted by atomic mass is 35.5. The molecule has 6 heteroatoms. The Morgan fingerprint density at radius 2 is 2.16 bits per heavy atom. The summed E-state index contributed by atoms with van der Waals surface area (Å²) in [6.45, 7) is 5.88. The molecule has 2 aromatic heterocycles. The van der Waals surface area contributed by atoms with Gasteiger partial charge in [0.1, 0.15) is 0 Å². The van der Waals surface area contributed by atoms with Crippen LogP contribution in [-0.2, 0) is 6.42 Å². The van der Waals surface area contributed by atoms with E-state index in [0.717, 1.165) is 23.4 Å². The Bertz CT molecular complexity index is 650. The molecule has 0 bridgehead atoms. The van der Waals surface area contributed by atoms with Crippen molar-refractivity contribution >= 4 is 17.6 Å². The van der Waals surface area contributed by atoms with Gasteiger partial charge in [0, 0.05) is 11.9 Å². The van der Waals surface area contributed by atoms with Crippen LogP contribution >= 0.6 is 11.6 Å². The van der Waals surface area contributed by atoms with E-state index in [1.54, 1.807) is 4.68 Å². The molecule has 0 spiro atoms. The van der Waals surface area contributed by atoms with Gasteiger partial charge in [-0.05, 0) is 31.9 Å². The molecular weight excluding hydrogens is 266 g/mol. The van der Waals surface area contributed by atoms with Crippen LogP contribution in [0.3, 0.4) is 0 Å². The summed E-state index contributed by atoms with van der Waals surface area (Å²) in [5.41, 5.74) is 2.98. The molecule has 0 aliphatic heterocycles. The van der Waals surface area contributed by atoms with Crippen molar-refractivity contribution in [1.29, 1.82) is 0 Å². The van der Waals surface area contributed by atoms with Gasteiger partial charge in [-0.2, -0.15) is 5.10 Å². The third-order valence-electron chi connectivity index (χ3n) is 3.10. The number of aromatic carboxylic acids is 1. The van der Waals surface area contributed by atoms with E-state index in [9.17, 15) is 4.79 Å². The molecule has 0 fully saturated rings. The minimum atomic E-state index is -1.08. The highest BCUT2D eigenvalue weighted by Crippen LogP contribution is 2.25. The second kappa shape index (κ2) is 5.01. The van der Waals surface area contributed by atoms with E-state index >= 15 is 0 Å². The topological polar surface area (TPSA) is 68.0 Å². The molecule has 0 amide bonds. The summed E-state index contributed by atoms with van der Waals surface area (Å²) in [6, 6.07) is 1.38. The Hall–Kier alpha value is -1.88. The van der Waals surface area contributed by atoms with Crippen molar-refractivity contribution in [1.82, 2.24) is 14.8 Å². The predicted molar refractivity (Wildman–Crippen MR) is 72.2 cm³/mol. The summed E-state index contributed by atoms with van der Waals surface area (Å²) in [7, 11) is 0. The summed E-state index contributed by atoms with van der Waals surface area (Å²) in [5.74, 6) is -0.729. The fourth-order valence-electron chi connectivity index (χ4n) is 2.14. The highest BCUT2D eigenvalue weighted by molar-refractivity contribution is 6.35. The zero-order chi connectivity index (χ0) is 14.2. The number of carbonyl (C=O) groups is 1. The van der Waals surface area contributed by atoms with Gasteiger partial charge >= 0.3 is 5.97 Å². The van der Waals surface area contributed by atoms with E-state index in [4.69, 9.17) is 16.7 Å². The molecule has 0 atom stereocenters. The van der Waals surface area contributed by atoms with Gasteiger partial charge in [-0.25, -0.2) is 14.5 Å². The summed E-state index contributed by atoms with van der Waals surface area (Å²) >= 11 is 6.11. The van der Waals surface area contributed by atoms with Gasteiger partial charge in [0.05, 0.1) is 16.3 Å². The number of carboxylic acid groups (broad SMARTS) is 1. The maximum absolute atomic E-state index is 11.1. The largest absolute Gasteiger partial charge is 0.478 e. The fraction of sp³-hybridized carbons (Fsp3) is 0.308. The molecule has 100 valence electrons. The first-order valence-corrected chi connectivity index (χ1v) is 6.28. The van der Waals surface area contributed by atoms with E-state index in [-0.39, 0.29) is 10.6 Å². The lowest BCUT2D eigenvalue weighted by molar-refractivity contribution is 0.0697. The van der Waals surface area contributed by atoms with Crippen molar-refractivity contribution in [2.24, 2.45) is 0 Å². The molecule has 0 aromatic carbocycles. The van der Waals surface area contributed by atoms with Crippen LogP contribution < -0.4 is 0 Å². The third-order valence-corrected chi connectivity index (χ3v) is 3.47. The van der Waals surface area contributed by atoms with Gasteiger partial charge in [-0.1, -0.05) is 18.5 Å². The predicted octanol–water partition coefficient (Wildman–Crippen LogP) is 2.80. The lowest BCUT2D eigenvalue weighted by Crippen LogP contribution is -2.07. The van der Waals surface area contributed by atoms with Gasteiger partial charge in [0.15, 0.2) is 5.82 Å². The van der Waals surface area contributed by atoms with Crippen molar-refractivity contribution in [3.63, 3.8) is 0 Å². The first-order valence-electron chi connectivity index (χ1n) is 5.90. The van der Waals surface area contributed by atoms with E-state index in [1.807, 2.05) is 20.8 Å². The molecular formula is C13H14ClN3O2. The summed E-state index contributed by atoms with van der Waals surface area (Å²) in [5, 5.41) is 13.6. The SMILES string of the molecule is CCc1c(C)nn(-c2nccc(C(=O)O)c2Cl)c1C. The Kier molecular flexibility index (Phi) is 3.57. The molecule has 0 aliphatic carbocycles. The maximum atomic E-state index is 11.1. The van der Waals surface area contributed by atoms with Gasteiger partial charge in [0.2, 0.25) is 0 Å².